The molecule has 0 aromatic heterocycles. The molecule has 2 aliphatic rings. The zero-order chi connectivity index (χ0) is 15.9. The Hall–Kier alpha value is -0.650. The Kier molecular flexibility index (Phi) is 6.66. The van der Waals surface area contributed by atoms with Crippen LogP contribution in [0.25, 0.3) is 0 Å². The largest absolute Gasteiger partial charge is 0.381 e. The van der Waals surface area contributed by atoms with Crippen molar-refractivity contribution in [3.8, 4) is 0 Å². The molecule has 1 saturated carbocycles. The first kappa shape index (κ1) is 17.7. The second-order valence-corrected chi connectivity index (χ2v) is 6.87. The third-order valence-electron chi connectivity index (χ3n) is 5.27. The maximum atomic E-state index is 12.7. The van der Waals surface area contributed by atoms with E-state index >= 15 is 0 Å². The van der Waals surface area contributed by atoms with Gasteiger partial charge in [0.15, 0.2) is 0 Å². The molecule has 128 valence electrons. The first-order valence-corrected chi connectivity index (χ1v) is 8.86. The van der Waals surface area contributed by atoms with Crippen molar-refractivity contribution in [3.05, 3.63) is 0 Å². The fraction of sp³-hybridized carbons (Fsp3) is 0.941. The van der Waals surface area contributed by atoms with Crippen LogP contribution < -0.4 is 11.1 Å². The number of amides is 1. The number of nitrogens with two attached hydrogens (primary N) is 1. The smallest absolute Gasteiger partial charge is 0.227 e. The summed E-state index contributed by atoms with van der Waals surface area (Å²) in [6, 6.07) is 0. The Balaban J connectivity index is 1.94. The standard InChI is InChI=1S/C17H32N2O3/c1-2-10-22-17(6-4-3-5-7-17)14-19-15(20)16(13-18)8-11-21-12-9-16/h2-14,18H2,1H3,(H,19,20). The zero-order valence-electron chi connectivity index (χ0n) is 14.0. The Bertz CT molecular complexity index is 348. The van der Waals surface area contributed by atoms with Crippen LogP contribution in [0, 0.1) is 5.41 Å². The summed E-state index contributed by atoms with van der Waals surface area (Å²) in [5.41, 5.74) is 5.31. The van der Waals surface area contributed by atoms with Gasteiger partial charge in [-0.3, -0.25) is 4.79 Å². The molecule has 5 heteroatoms. The lowest BCUT2D eigenvalue weighted by Crippen LogP contribution is -2.54. The highest BCUT2D eigenvalue weighted by Gasteiger charge is 2.40. The van der Waals surface area contributed by atoms with Gasteiger partial charge in [0.05, 0.1) is 11.0 Å². The third-order valence-corrected chi connectivity index (χ3v) is 5.27. The summed E-state index contributed by atoms with van der Waals surface area (Å²) in [5, 5.41) is 3.16. The van der Waals surface area contributed by atoms with Crippen molar-refractivity contribution in [1.29, 1.82) is 0 Å². The molecule has 2 rings (SSSR count). The van der Waals surface area contributed by atoms with Crippen LogP contribution in [0.2, 0.25) is 0 Å². The minimum atomic E-state index is -0.446. The second-order valence-electron chi connectivity index (χ2n) is 6.87. The van der Waals surface area contributed by atoms with Crippen molar-refractivity contribution in [2.45, 2.75) is 63.9 Å². The Morgan fingerprint density at radius 1 is 1.18 bits per heavy atom. The van der Waals surface area contributed by atoms with Crippen LogP contribution in [-0.4, -0.2) is 44.4 Å². The van der Waals surface area contributed by atoms with Gasteiger partial charge in [-0.25, -0.2) is 0 Å². The molecule has 0 spiro atoms. The summed E-state index contributed by atoms with van der Waals surface area (Å²) in [6.07, 6.45) is 8.20. The molecule has 0 unspecified atom stereocenters. The SMILES string of the molecule is CCCOC1(CNC(=O)C2(CN)CCOCC2)CCCCC1. The van der Waals surface area contributed by atoms with Gasteiger partial charge in [0.25, 0.3) is 0 Å². The van der Waals surface area contributed by atoms with Crippen LogP contribution in [0.1, 0.15) is 58.3 Å². The molecule has 0 aromatic rings. The molecule has 0 bridgehead atoms. The molecule has 1 heterocycles. The van der Waals surface area contributed by atoms with E-state index in [0.29, 0.717) is 26.3 Å². The molecule has 0 radical (unpaired) electrons. The fourth-order valence-electron chi connectivity index (χ4n) is 3.60. The van der Waals surface area contributed by atoms with Gasteiger partial charge < -0.3 is 20.5 Å². The number of hydrogen-bond donors (Lipinski definition) is 2. The first-order valence-electron chi connectivity index (χ1n) is 8.86. The van der Waals surface area contributed by atoms with Crippen molar-refractivity contribution in [1.82, 2.24) is 5.32 Å². The predicted molar refractivity (Wildman–Crippen MR) is 86.6 cm³/mol. The molecule has 5 nitrogen and oxygen atoms in total. The van der Waals surface area contributed by atoms with Crippen LogP contribution in [0.3, 0.4) is 0 Å². The summed E-state index contributed by atoms with van der Waals surface area (Å²) in [6.45, 7) is 5.16. The summed E-state index contributed by atoms with van der Waals surface area (Å²) < 4.78 is 11.5. The average Bonchev–Trinajstić information content (AvgIpc) is 2.59. The molecular formula is C17H32N2O3. The molecule has 3 N–H and O–H groups in total. The number of nitrogens with one attached hydrogen (secondary N) is 1. The van der Waals surface area contributed by atoms with Gasteiger partial charge in [0.1, 0.15) is 0 Å². The van der Waals surface area contributed by atoms with E-state index in [1.807, 2.05) is 0 Å². The normalized spacial score (nSPS) is 23.9. The second kappa shape index (κ2) is 8.27. The monoisotopic (exact) mass is 312 g/mol. The Morgan fingerprint density at radius 2 is 1.86 bits per heavy atom. The maximum Gasteiger partial charge on any atom is 0.227 e. The van der Waals surface area contributed by atoms with Gasteiger partial charge in [-0.1, -0.05) is 26.2 Å². The van der Waals surface area contributed by atoms with E-state index in [-0.39, 0.29) is 11.5 Å². The zero-order valence-corrected chi connectivity index (χ0v) is 14.0. The van der Waals surface area contributed by atoms with Gasteiger partial charge in [-0.15, -0.1) is 0 Å². The molecule has 1 aliphatic carbocycles. The van der Waals surface area contributed by atoms with Crippen LogP contribution in [0.4, 0.5) is 0 Å². The molecule has 1 amide bonds. The van der Waals surface area contributed by atoms with Crippen LogP contribution in [0.5, 0.6) is 0 Å². The molecular weight excluding hydrogens is 280 g/mol. The lowest BCUT2D eigenvalue weighted by Gasteiger charge is -2.40. The van der Waals surface area contributed by atoms with Gasteiger partial charge in [-0.2, -0.15) is 0 Å². The predicted octanol–water partition coefficient (Wildman–Crippen LogP) is 1.99. The summed E-state index contributed by atoms with van der Waals surface area (Å²) in [4.78, 5) is 12.7. The summed E-state index contributed by atoms with van der Waals surface area (Å²) in [5.74, 6) is 0.0864. The number of rotatable bonds is 7. The summed E-state index contributed by atoms with van der Waals surface area (Å²) in [7, 11) is 0. The third kappa shape index (κ3) is 4.21. The van der Waals surface area contributed by atoms with Gasteiger partial charge >= 0.3 is 0 Å². The fourth-order valence-corrected chi connectivity index (χ4v) is 3.60. The highest BCUT2D eigenvalue weighted by atomic mass is 16.5. The van der Waals surface area contributed by atoms with Gasteiger partial charge in [0, 0.05) is 32.9 Å². The minimum absolute atomic E-state index is 0.0864. The van der Waals surface area contributed by atoms with Gasteiger partial charge in [-0.05, 0) is 32.1 Å². The van der Waals surface area contributed by atoms with E-state index < -0.39 is 5.41 Å². The van der Waals surface area contributed by atoms with E-state index in [1.165, 1.54) is 19.3 Å². The Labute approximate surface area is 134 Å². The lowest BCUT2D eigenvalue weighted by molar-refractivity contribution is -0.138. The molecule has 1 saturated heterocycles. The first-order chi connectivity index (χ1) is 10.7. The van der Waals surface area contributed by atoms with Gasteiger partial charge in [0.2, 0.25) is 5.91 Å². The number of ether oxygens (including phenoxy) is 2. The molecule has 22 heavy (non-hydrogen) atoms. The topological polar surface area (TPSA) is 73.6 Å². The highest BCUT2D eigenvalue weighted by Crippen LogP contribution is 2.33. The molecule has 0 atom stereocenters. The van der Waals surface area contributed by atoms with Crippen LogP contribution in [0.15, 0.2) is 0 Å². The Morgan fingerprint density at radius 3 is 2.45 bits per heavy atom. The van der Waals surface area contributed by atoms with Crippen LogP contribution in [-0.2, 0) is 14.3 Å². The van der Waals surface area contributed by atoms with E-state index in [9.17, 15) is 4.79 Å². The van der Waals surface area contributed by atoms with E-state index in [0.717, 1.165) is 38.7 Å². The van der Waals surface area contributed by atoms with E-state index in [1.54, 1.807) is 0 Å². The van der Waals surface area contributed by atoms with Crippen molar-refractivity contribution >= 4 is 5.91 Å². The van der Waals surface area contributed by atoms with E-state index in [4.69, 9.17) is 15.2 Å². The van der Waals surface area contributed by atoms with Crippen LogP contribution >= 0.6 is 0 Å². The van der Waals surface area contributed by atoms with E-state index in [2.05, 4.69) is 12.2 Å². The quantitative estimate of drug-likeness (QED) is 0.754. The molecule has 2 fully saturated rings. The van der Waals surface area contributed by atoms with Crippen molar-refractivity contribution in [2.24, 2.45) is 11.1 Å². The number of carbonyl (C=O) groups excluding carboxylic acids is 1. The number of carbonyl (C=O) groups is 1. The minimum Gasteiger partial charge on any atom is -0.381 e. The maximum absolute atomic E-state index is 12.7. The highest BCUT2D eigenvalue weighted by molar-refractivity contribution is 5.83. The molecule has 0 aromatic carbocycles. The molecule has 1 aliphatic heterocycles. The average molecular weight is 312 g/mol. The number of hydrogen-bond acceptors (Lipinski definition) is 4. The van der Waals surface area contributed by atoms with Crippen molar-refractivity contribution < 1.29 is 14.3 Å². The van der Waals surface area contributed by atoms with Crippen molar-refractivity contribution in [3.63, 3.8) is 0 Å². The lowest BCUT2D eigenvalue weighted by atomic mass is 9.78. The van der Waals surface area contributed by atoms with Crippen molar-refractivity contribution in [2.75, 3.05) is 32.9 Å². The summed E-state index contributed by atoms with van der Waals surface area (Å²) >= 11 is 0.